The predicted molar refractivity (Wildman–Crippen MR) is 96.1 cm³/mol. The molecule has 0 fully saturated rings. The number of carbonyl (C=O) groups is 1. The number of rotatable bonds is 6. The molecule has 0 atom stereocenters. The molecule has 23 heavy (non-hydrogen) atoms. The fourth-order valence-electron chi connectivity index (χ4n) is 1.97. The zero-order chi connectivity index (χ0) is 16.7. The second-order valence-corrected chi connectivity index (χ2v) is 5.76. The molecule has 0 radical (unpaired) electrons. The van der Waals surface area contributed by atoms with Crippen molar-refractivity contribution in [2.24, 2.45) is 5.10 Å². The average Bonchev–Trinajstić information content (AvgIpc) is 2.54. The third-order valence-electron chi connectivity index (χ3n) is 3.17. The SMILES string of the molecule is COc1ccc(Br)cc1C=NNC(=O)CNc1ccccc1C. The molecule has 2 aromatic carbocycles. The van der Waals surface area contributed by atoms with Crippen molar-refractivity contribution in [1.29, 1.82) is 0 Å². The smallest absolute Gasteiger partial charge is 0.259 e. The molecule has 0 bridgehead atoms. The molecule has 1 amide bonds. The van der Waals surface area contributed by atoms with Crippen molar-refractivity contribution in [2.45, 2.75) is 6.92 Å². The number of benzene rings is 2. The van der Waals surface area contributed by atoms with Gasteiger partial charge in [-0.15, -0.1) is 0 Å². The minimum atomic E-state index is -0.224. The standard InChI is InChI=1S/C17H18BrN3O2/c1-12-5-3-4-6-15(12)19-11-17(22)21-20-10-13-9-14(18)7-8-16(13)23-2/h3-10,19H,11H2,1-2H3,(H,21,22). The van der Waals surface area contributed by atoms with E-state index in [0.717, 1.165) is 21.3 Å². The van der Waals surface area contributed by atoms with Crippen LogP contribution in [0.3, 0.4) is 0 Å². The lowest BCUT2D eigenvalue weighted by Crippen LogP contribution is -2.26. The van der Waals surface area contributed by atoms with Crippen molar-refractivity contribution >= 4 is 33.7 Å². The Kier molecular flexibility index (Phi) is 6.17. The number of aryl methyl sites for hydroxylation is 1. The lowest BCUT2D eigenvalue weighted by molar-refractivity contribution is -0.119. The first-order valence-electron chi connectivity index (χ1n) is 7.05. The van der Waals surface area contributed by atoms with E-state index < -0.39 is 0 Å². The second kappa shape index (κ2) is 8.33. The van der Waals surface area contributed by atoms with Gasteiger partial charge in [0.15, 0.2) is 0 Å². The Labute approximate surface area is 143 Å². The number of hydrazone groups is 1. The van der Waals surface area contributed by atoms with Crippen LogP contribution in [0.25, 0.3) is 0 Å². The van der Waals surface area contributed by atoms with Crippen molar-refractivity contribution in [3.63, 3.8) is 0 Å². The van der Waals surface area contributed by atoms with Crippen LogP contribution < -0.4 is 15.5 Å². The van der Waals surface area contributed by atoms with Gasteiger partial charge in [-0.1, -0.05) is 34.1 Å². The van der Waals surface area contributed by atoms with E-state index in [1.807, 2.05) is 49.4 Å². The molecule has 6 heteroatoms. The fourth-order valence-corrected chi connectivity index (χ4v) is 2.34. The first-order valence-corrected chi connectivity index (χ1v) is 7.84. The molecule has 0 aromatic heterocycles. The summed E-state index contributed by atoms with van der Waals surface area (Å²) in [4.78, 5) is 11.8. The van der Waals surface area contributed by atoms with Crippen LogP contribution in [0, 0.1) is 6.92 Å². The van der Waals surface area contributed by atoms with Gasteiger partial charge in [0, 0.05) is 15.7 Å². The van der Waals surface area contributed by atoms with E-state index in [9.17, 15) is 4.79 Å². The van der Waals surface area contributed by atoms with Crippen molar-refractivity contribution in [3.05, 3.63) is 58.1 Å². The molecule has 2 N–H and O–H groups in total. The maximum Gasteiger partial charge on any atom is 0.259 e. The molecule has 5 nitrogen and oxygen atoms in total. The van der Waals surface area contributed by atoms with Crippen LogP contribution >= 0.6 is 15.9 Å². The highest BCUT2D eigenvalue weighted by Gasteiger charge is 2.03. The van der Waals surface area contributed by atoms with E-state index in [1.54, 1.807) is 13.3 Å². The molecule has 0 aliphatic rings. The van der Waals surface area contributed by atoms with Gasteiger partial charge in [-0.05, 0) is 36.8 Å². The van der Waals surface area contributed by atoms with Crippen LogP contribution in [0.1, 0.15) is 11.1 Å². The number of halogens is 1. The van der Waals surface area contributed by atoms with Gasteiger partial charge in [-0.2, -0.15) is 5.10 Å². The zero-order valence-electron chi connectivity index (χ0n) is 13.0. The summed E-state index contributed by atoms with van der Waals surface area (Å²) in [5.74, 6) is 0.461. The Bertz CT molecular complexity index is 717. The number of methoxy groups -OCH3 is 1. The average molecular weight is 376 g/mol. The monoisotopic (exact) mass is 375 g/mol. The molecule has 0 heterocycles. The molecule has 0 saturated heterocycles. The Balaban J connectivity index is 1.89. The van der Waals surface area contributed by atoms with Crippen LogP contribution in [0.5, 0.6) is 5.75 Å². The third kappa shape index (κ3) is 5.10. The minimum absolute atomic E-state index is 0.151. The van der Waals surface area contributed by atoms with E-state index in [4.69, 9.17) is 4.74 Å². The van der Waals surface area contributed by atoms with Gasteiger partial charge in [-0.25, -0.2) is 5.43 Å². The largest absolute Gasteiger partial charge is 0.496 e. The topological polar surface area (TPSA) is 62.7 Å². The summed E-state index contributed by atoms with van der Waals surface area (Å²) >= 11 is 3.39. The summed E-state index contributed by atoms with van der Waals surface area (Å²) in [6.45, 7) is 2.13. The first kappa shape index (κ1) is 17.0. The first-order chi connectivity index (χ1) is 11.1. The van der Waals surface area contributed by atoms with E-state index in [0.29, 0.717) is 5.75 Å². The van der Waals surface area contributed by atoms with Gasteiger partial charge in [0.2, 0.25) is 0 Å². The maximum atomic E-state index is 11.8. The summed E-state index contributed by atoms with van der Waals surface area (Å²) in [5, 5.41) is 7.04. The number of ether oxygens (including phenoxy) is 1. The Morgan fingerprint density at radius 2 is 2.09 bits per heavy atom. The Morgan fingerprint density at radius 3 is 2.83 bits per heavy atom. The Hall–Kier alpha value is -2.34. The van der Waals surface area contributed by atoms with Gasteiger partial charge in [0.1, 0.15) is 5.75 Å². The summed E-state index contributed by atoms with van der Waals surface area (Å²) < 4.78 is 6.15. The van der Waals surface area contributed by atoms with Crippen LogP contribution in [0.2, 0.25) is 0 Å². The van der Waals surface area contributed by atoms with Crippen molar-refractivity contribution in [3.8, 4) is 5.75 Å². The van der Waals surface area contributed by atoms with E-state index in [-0.39, 0.29) is 12.5 Å². The number of hydrogen-bond acceptors (Lipinski definition) is 4. The molecule has 0 unspecified atom stereocenters. The van der Waals surface area contributed by atoms with Gasteiger partial charge in [0.05, 0.1) is 19.9 Å². The molecule has 0 aliphatic carbocycles. The van der Waals surface area contributed by atoms with Crippen LogP contribution in [-0.2, 0) is 4.79 Å². The summed E-state index contributed by atoms with van der Waals surface area (Å²) in [7, 11) is 1.59. The van der Waals surface area contributed by atoms with Crippen LogP contribution in [0.15, 0.2) is 52.0 Å². The summed E-state index contributed by atoms with van der Waals surface area (Å²) in [5.41, 5.74) is 5.28. The van der Waals surface area contributed by atoms with Crippen molar-refractivity contribution in [2.75, 3.05) is 19.0 Å². The van der Waals surface area contributed by atoms with Gasteiger partial charge >= 0.3 is 0 Å². The van der Waals surface area contributed by atoms with Gasteiger partial charge in [-0.3, -0.25) is 4.79 Å². The second-order valence-electron chi connectivity index (χ2n) is 4.85. The lowest BCUT2D eigenvalue weighted by atomic mass is 10.2. The maximum absolute atomic E-state index is 11.8. The van der Waals surface area contributed by atoms with Crippen LogP contribution in [0.4, 0.5) is 5.69 Å². The van der Waals surface area contributed by atoms with Gasteiger partial charge < -0.3 is 10.1 Å². The number of hydrogen-bond donors (Lipinski definition) is 2. The zero-order valence-corrected chi connectivity index (χ0v) is 14.6. The molecule has 0 saturated carbocycles. The quantitative estimate of drug-likeness (QED) is 0.601. The lowest BCUT2D eigenvalue weighted by Gasteiger charge is -2.08. The molecule has 120 valence electrons. The van der Waals surface area contributed by atoms with E-state index in [2.05, 4.69) is 31.8 Å². The van der Waals surface area contributed by atoms with Crippen LogP contribution in [-0.4, -0.2) is 25.8 Å². The highest BCUT2D eigenvalue weighted by Crippen LogP contribution is 2.21. The molecule has 0 aliphatic heterocycles. The highest BCUT2D eigenvalue weighted by atomic mass is 79.9. The minimum Gasteiger partial charge on any atom is -0.496 e. The van der Waals surface area contributed by atoms with Crippen molar-refractivity contribution < 1.29 is 9.53 Å². The van der Waals surface area contributed by atoms with Crippen molar-refractivity contribution in [1.82, 2.24) is 5.43 Å². The number of anilines is 1. The molecular formula is C17H18BrN3O2. The summed E-state index contributed by atoms with van der Waals surface area (Å²) in [6.07, 6.45) is 1.55. The fraction of sp³-hybridized carbons (Fsp3) is 0.176. The summed E-state index contributed by atoms with van der Waals surface area (Å²) in [6, 6.07) is 13.4. The molecular weight excluding hydrogens is 358 g/mol. The number of nitrogens with zero attached hydrogens (tertiary/aromatic N) is 1. The molecule has 2 rings (SSSR count). The molecule has 2 aromatic rings. The third-order valence-corrected chi connectivity index (χ3v) is 3.66. The number of amides is 1. The number of para-hydroxylation sites is 1. The highest BCUT2D eigenvalue weighted by molar-refractivity contribution is 9.10. The Morgan fingerprint density at radius 1 is 1.30 bits per heavy atom. The number of nitrogens with one attached hydrogen (secondary N) is 2. The number of carbonyl (C=O) groups excluding carboxylic acids is 1. The van der Waals surface area contributed by atoms with E-state index in [1.165, 1.54) is 0 Å². The molecule has 0 spiro atoms. The van der Waals surface area contributed by atoms with Gasteiger partial charge in [0.25, 0.3) is 5.91 Å². The normalized spacial score (nSPS) is 10.6. The van der Waals surface area contributed by atoms with E-state index >= 15 is 0 Å². The predicted octanol–water partition coefficient (Wildman–Crippen LogP) is 3.33.